The van der Waals surface area contributed by atoms with E-state index in [1.54, 1.807) is 30.3 Å². The average molecular weight is 392 g/mol. The van der Waals surface area contributed by atoms with Gasteiger partial charge in [-0.15, -0.1) is 0 Å². The van der Waals surface area contributed by atoms with Crippen molar-refractivity contribution in [2.45, 2.75) is 25.2 Å². The van der Waals surface area contributed by atoms with Crippen LogP contribution in [0.4, 0.5) is 0 Å². The van der Waals surface area contributed by atoms with Crippen LogP contribution in [0, 0.1) is 11.3 Å². The van der Waals surface area contributed by atoms with Crippen molar-refractivity contribution in [1.29, 1.82) is 5.26 Å². The normalized spacial score (nSPS) is 16.2. The molecule has 0 fully saturated rings. The smallest absolute Gasteiger partial charge is 0.328 e. The summed E-state index contributed by atoms with van der Waals surface area (Å²) in [7, 11) is 0. The number of hydrogen-bond donors (Lipinski definition) is 2. The van der Waals surface area contributed by atoms with Crippen LogP contribution in [0.3, 0.4) is 0 Å². The van der Waals surface area contributed by atoms with E-state index in [4.69, 9.17) is 14.7 Å². The number of rotatable bonds is 8. The summed E-state index contributed by atoms with van der Waals surface area (Å²) in [6, 6.07) is 17.0. The fourth-order valence-corrected chi connectivity index (χ4v) is 2.83. The molecular formula is C22H20N2O5. The first kappa shape index (κ1) is 20.1. The minimum absolute atomic E-state index is 0.154. The van der Waals surface area contributed by atoms with Crippen LogP contribution >= 0.6 is 0 Å². The standard InChI is InChI=1S/C22H20N2O5/c23-12-15-6-8-17(9-7-15)19-10-11-20(29-19)21(25)24-18(22(26)27)14-28-13-16-4-2-1-3-5-16/h1-10,18,20H,11,13-14H2,(H,24,25)(H,26,27). The van der Waals surface area contributed by atoms with E-state index in [2.05, 4.69) is 5.32 Å². The van der Waals surface area contributed by atoms with E-state index in [0.717, 1.165) is 11.1 Å². The van der Waals surface area contributed by atoms with Gasteiger partial charge in [0, 0.05) is 12.0 Å². The Bertz CT molecular complexity index is 932. The van der Waals surface area contributed by atoms with Gasteiger partial charge in [-0.1, -0.05) is 30.3 Å². The number of nitrogens with zero attached hydrogens (tertiary/aromatic N) is 1. The molecule has 1 aliphatic heterocycles. The summed E-state index contributed by atoms with van der Waals surface area (Å²) in [6.45, 7) is 0.101. The van der Waals surface area contributed by atoms with E-state index >= 15 is 0 Å². The number of carboxylic acid groups (broad SMARTS) is 1. The van der Waals surface area contributed by atoms with Crippen LogP contribution in [0.15, 0.2) is 60.7 Å². The highest BCUT2D eigenvalue weighted by Crippen LogP contribution is 2.26. The van der Waals surface area contributed by atoms with E-state index in [9.17, 15) is 14.7 Å². The lowest BCUT2D eigenvalue weighted by atomic mass is 10.1. The van der Waals surface area contributed by atoms with E-state index in [1.165, 1.54) is 0 Å². The first-order valence-electron chi connectivity index (χ1n) is 9.09. The van der Waals surface area contributed by atoms with Crippen molar-refractivity contribution >= 4 is 17.6 Å². The Balaban J connectivity index is 1.51. The van der Waals surface area contributed by atoms with Crippen molar-refractivity contribution in [3.05, 3.63) is 77.4 Å². The van der Waals surface area contributed by atoms with Gasteiger partial charge in [0.15, 0.2) is 12.1 Å². The topological polar surface area (TPSA) is 109 Å². The quantitative estimate of drug-likeness (QED) is 0.714. The van der Waals surface area contributed by atoms with Gasteiger partial charge in [-0.2, -0.15) is 5.26 Å². The van der Waals surface area contributed by atoms with E-state index in [1.807, 2.05) is 36.4 Å². The molecule has 0 aliphatic carbocycles. The van der Waals surface area contributed by atoms with Gasteiger partial charge in [-0.3, -0.25) is 4.79 Å². The first-order valence-corrected chi connectivity index (χ1v) is 9.09. The first-order chi connectivity index (χ1) is 14.1. The molecule has 2 aromatic rings. The molecule has 0 bridgehead atoms. The monoisotopic (exact) mass is 392 g/mol. The lowest BCUT2D eigenvalue weighted by molar-refractivity contribution is -0.145. The molecule has 7 nitrogen and oxygen atoms in total. The maximum absolute atomic E-state index is 12.4. The molecule has 2 atom stereocenters. The molecule has 7 heteroatoms. The van der Waals surface area contributed by atoms with Crippen molar-refractivity contribution in [3.63, 3.8) is 0 Å². The zero-order valence-corrected chi connectivity index (χ0v) is 15.6. The molecule has 0 saturated carbocycles. The summed E-state index contributed by atoms with van der Waals surface area (Å²) in [5, 5.41) is 20.7. The fourth-order valence-electron chi connectivity index (χ4n) is 2.83. The highest BCUT2D eigenvalue weighted by Gasteiger charge is 2.30. The van der Waals surface area contributed by atoms with E-state index in [0.29, 0.717) is 17.7 Å². The number of aliphatic carboxylic acids is 1. The van der Waals surface area contributed by atoms with Gasteiger partial charge < -0.3 is 19.9 Å². The minimum Gasteiger partial charge on any atom is -0.480 e. The maximum atomic E-state index is 12.4. The zero-order chi connectivity index (χ0) is 20.6. The number of hydrogen-bond acceptors (Lipinski definition) is 5. The Kier molecular flexibility index (Phi) is 6.61. The van der Waals surface area contributed by atoms with Crippen LogP contribution in [0.5, 0.6) is 0 Å². The summed E-state index contributed by atoms with van der Waals surface area (Å²) in [4.78, 5) is 23.9. The summed E-state index contributed by atoms with van der Waals surface area (Å²) < 4.78 is 11.1. The predicted octanol–water partition coefficient (Wildman–Crippen LogP) is 2.47. The summed E-state index contributed by atoms with van der Waals surface area (Å²) in [6.07, 6.45) is 1.29. The van der Waals surface area contributed by atoms with Crippen molar-refractivity contribution in [3.8, 4) is 6.07 Å². The van der Waals surface area contributed by atoms with Gasteiger partial charge >= 0.3 is 5.97 Å². The molecule has 0 aromatic heterocycles. The van der Waals surface area contributed by atoms with Crippen LogP contribution in [0.25, 0.3) is 5.76 Å². The molecule has 3 rings (SSSR count). The van der Waals surface area contributed by atoms with Gasteiger partial charge in [0.1, 0.15) is 5.76 Å². The van der Waals surface area contributed by atoms with E-state index < -0.39 is 24.0 Å². The van der Waals surface area contributed by atoms with Crippen molar-refractivity contribution in [1.82, 2.24) is 5.32 Å². The summed E-state index contributed by atoms with van der Waals surface area (Å²) >= 11 is 0. The third-order valence-corrected chi connectivity index (χ3v) is 4.39. The maximum Gasteiger partial charge on any atom is 0.328 e. The van der Waals surface area contributed by atoms with Gasteiger partial charge in [0.2, 0.25) is 0 Å². The molecular weight excluding hydrogens is 372 g/mol. The number of carbonyl (C=O) groups excluding carboxylic acids is 1. The lowest BCUT2D eigenvalue weighted by Gasteiger charge is -2.18. The Hall–Kier alpha value is -3.63. The van der Waals surface area contributed by atoms with E-state index in [-0.39, 0.29) is 13.2 Å². The Morgan fingerprint density at radius 3 is 2.59 bits per heavy atom. The average Bonchev–Trinajstić information content (AvgIpc) is 3.24. The van der Waals surface area contributed by atoms with Gasteiger partial charge in [-0.25, -0.2) is 4.79 Å². The fraction of sp³-hybridized carbons (Fsp3) is 0.227. The van der Waals surface area contributed by atoms with Crippen molar-refractivity contribution in [2.24, 2.45) is 0 Å². The van der Waals surface area contributed by atoms with Gasteiger partial charge in [-0.05, 0) is 35.9 Å². The van der Waals surface area contributed by atoms with Crippen molar-refractivity contribution < 1.29 is 24.2 Å². The molecule has 1 aliphatic rings. The van der Waals surface area contributed by atoms with Crippen LogP contribution in [0.2, 0.25) is 0 Å². The molecule has 1 amide bonds. The van der Waals surface area contributed by atoms with Crippen LogP contribution in [-0.4, -0.2) is 35.7 Å². The summed E-state index contributed by atoms with van der Waals surface area (Å²) in [5.41, 5.74) is 2.19. The molecule has 148 valence electrons. The molecule has 2 aromatic carbocycles. The highest BCUT2D eigenvalue weighted by atomic mass is 16.5. The number of carboxylic acids is 1. The van der Waals surface area contributed by atoms with Crippen LogP contribution < -0.4 is 5.32 Å². The lowest BCUT2D eigenvalue weighted by Crippen LogP contribution is -2.47. The number of benzene rings is 2. The largest absolute Gasteiger partial charge is 0.480 e. The number of carbonyl (C=O) groups is 2. The predicted molar refractivity (Wildman–Crippen MR) is 104 cm³/mol. The van der Waals surface area contributed by atoms with Crippen molar-refractivity contribution in [2.75, 3.05) is 6.61 Å². The number of nitriles is 1. The third kappa shape index (κ3) is 5.43. The summed E-state index contributed by atoms with van der Waals surface area (Å²) in [5.74, 6) is -1.16. The number of amides is 1. The molecule has 1 heterocycles. The highest BCUT2D eigenvalue weighted by molar-refractivity contribution is 5.88. The second kappa shape index (κ2) is 9.53. The second-order valence-corrected chi connectivity index (χ2v) is 6.50. The van der Waals surface area contributed by atoms with Crippen LogP contribution in [-0.2, 0) is 25.7 Å². The van der Waals surface area contributed by atoms with Gasteiger partial charge in [0.05, 0.1) is 24.8 Å². The zero-order valence-electron chi connectivity index (χ0n) is 15.6. The van der Waals surface area contributed by atoms with Crippen LogP contribution in [0.1, 0.15) is 23.1 Å². The Morgan fingerprint density at radius 1 is 1.21 bits per heavy atom. The molecule has 0 radical (unpaired) electrons. The minimum atomic E-state index is -1.18. The number of nitrogens with one attached hydrogen (secondary N) is 1. The molecule has 29 heavy (non-hydrogen) atoms. The second-order valence-electron chi connectivity index (χ2n) is 6.50. The van der Waals surface area contributed by atoms with Gasteiger partial charge in [0.25, 0.3) is 5.91 Å². The Labute approximate surface area is 168 Å². The molecule has 0 saturated heterocycles. The SMILES string of the molecule is N#Cc1ccc(C2=CCC(C(=O)NC(COCc3ccccc3)C(=O)O)O2)cc1. The number of ether oxygens (including phenoxy) is 2. The molecule has 0 spiro atoms. The molecule has 2 N–H and O–H groups in total. The molecule has 2 unspecified atom stereocenters. The Morgan fingerprint density at radius 2 is 1.93 bits per heavy atom. The third-order valence-electron chi connectivity index (χ3n) is 4.39.